The monoisotopic (exact) mass is 1110 g/mol. The van der Waals surface area contributed by atoms with Crippen LogP contribution in [-0.2, 0) is 9.68 Å². The molecule has 4 aliphatic rings. The van der Waals surface area contributed by atoms with Crippen molar-refractivity contribution >= 4 is 128 Å². The van der Waals surface area contributed by atoms with E-state index in [0.29, 0.717) is 30.4 Å². The number of ether oxygens (including phenoxy) is 1. The van der Waals surface area contributed by atoms with Gasteiger partial charge in [0.2, 0.25) is 16.5 Å². The zero-order valence-corrected chi connectivity index (χ0v) is 45.4. The molecule has 2 atom stereocenters. The third-order valence-corrected chi connectivity index (χ3v) is 17.1. The number of benzene rings is 3. The van der Waals surface area contributed by atoms with Gasteiger partial charge in [0.15, 0.2) is 16.8 Å². The zero-order chi connectivity index (χ0) is 50.5. The number of piperazine rings is 1. The van der Waals surface area contributed by atoms with Crippen LogP contribution in [0.2, 0.25) is 15.7 Å². The van der Waals surface area contributed by atoms with Crippen LogP contribution in [0.4, 0.5) is 29.0 Å². The van der Waals surface area contributed by atoms with E-state index >= 15 is 0 Å². The molecule has 0 aliphatic carbocycles. The number of piperidine rings is 1. The Hall–Kier alpha value is -5.51. The molecule has 0 spiro atoms. The molecule has 4 aliphatic heterocycles. The minimum atomic E-state index is 0.110. The Kier molecular flexibility index (Phi) is 15.9. The van der Waals surface area contributed by atoms with Gasteiger partial charge in [-0.3, -0.25) is 14.6 Å². The first-order chi connectivity index (χ1) is 36.3. The van der Waals surface area contributed by atoms with Gasteiger partial charge in [0.25, 0.3) is 0 Å². The lowest BCUT2D eigenvalue weighted by atomic mass is 10.0. The van der Waals surface area contributed by atoms with Crippen molar-refractivity contribution in [1.29, 1.82) is 0 Å². The van der Waals surface area contributed by atoms with Gasteiger partial charge in [-0.25, -0.2) is 30.1 Å². The fraction of sp³-hybridized carbons (Fsp3) is 0.321. The lowest BCUT2D eigenvalue weighted by molar-refractivity contribution is 0.0981. The van der Waals surface area contributed by atoms with E-state index in [0.717, 1.165) is 85.3 Å². The van der Waals surface area contributed by atoms with E-state index < -0.39 is 0 Å². The summed E-state index contributed by atoms with van der Waals surface area (Å²) in [6, 6.07) is 33.9. The van der Waals surface area contributed by atoms with Gasteiger partial charge in [-0.1, -0.05) is 72.3 Å². The Morgan fingerprint density at radius 2 is 1.12 bits per heavy atom. The Morgan fingerprint density at radius 1 is 0.581 bits per heavy atom. The summed E-state index contributed by atoms with van der Waals surface area (Å²) in [5, 5.41) is 14.1. The second-order valence-electron chi connectivity index (χ2n) is 18.2. The Balaban J connectivity index is 0.000000150. The van der Waals surface area contributed by atoms with Gasteiger partial charge < -0.3 is 19.9 Å². The molecule has 0 bridgehead atoms. The Morgan fingerprint density at radius 3 is 1.72 bits per heavy atom. The molecule has 4 saturated heterocycles. The number of thiophene rings is 3. The Labute approximate surface area is 456 Å². The zero-order valence-electron chi connectivity index (χ0n) is 40.7. The molecule has 0 saturated carbocycles. The fourth-order valence-corrected chi connectivity index (χ4v) is 13.0. The first-order valence-corrected chi connectivity index (χ1v) is 28.3. The van der Waals surface area contributed by atoms with E-state index in [4.69, 9.17) is 59.2 Å². The summed E-state index contributed by atoms with van der Waals surface area (Å²) in [5.41, 5.74) is 7.05. The van der Waals surface area contributed by atoms with Crippen molar-refractivity contribution in [1.82, 2.24) is 39.7 Å². The van der Waals surface area contributed by atoms with E-state index in [1.165, 1.54) is 61.5 Å². The molecule has 21 heteroatoms. The largest absolute Gasteiger partial charge is 0.495 e. The van der Waals surface area contributed by atoms with Crippen LogP contribution in [0.3, 0.4) is 0 Å². The molecular weight excluding hydrogens is 1060 g/mol. The molecule has 9 aromatic rings. The maximum absolute atomic E-state index is 6.15. The van der Waals surface area contributed by atoms with Crippen LogP contribution >= 0.6 is 68.8 Å². The highest BCUT2D eigenvalue weighted by molar-refractivity contribution is 7.18. The SMILES string of the molecule is COc1cc(Nc2nc(N3OCC[C@H]3c3ccccc3)c3sccc3n2)ccc1N1CCC(N2CCN(C)CC2)CC1.Clc1nc(Cl)c2sccc2n1.Clc1nc(N2OCC[C@H]2c2ccccc2)c2sccc2n1. The van der Waals surface area contributed by atoms with Crippen molar-refractivity contribution in [2.45, 2.75) is 43.8 Å². The summed E-state index contributed by atoms with van der Waals surface area (Å²) in [7, 11) is 3.97. The van der Waals surface area contributed by atoms with Crippen LogP contribution in [0.15, 0.2) is 113 Å². The van der Waals surface area contributed by atoms with Gasteiger partial charge >= 0.3 is 0 Å². The average molecular weight is 1110 g/mol. The van der Waals surface area contributed by atoms with Gasteiger partial charge in [-0.2, -0.15) is 9.97 Å². The maximum Gasteiger partial charge on any atom is 0.229 e. The van der Waals surface area contributed by atoms with Crippen LogP contribution in [0.5, 0.6) is 5.75 Å². The number of nitrogens with zero attached hydrogens (tertiary/aromatic N) is 11. The summed E-state index contributed by atoms with van der Waals surface area (Å²) >= 11 is 22.2. The number of hydroxylamine groups is 2. The third-order valence-electron chi connectivity index (χ3n) is 13.7. The minimum absolute atomic E-state index is 0.110. The molecule has 382 valence electrons. The number of methoxy groups -OCH3 is 1. The smallest absolute Gasteiger partial charge is 0.229 e. The number of rotatable bonds is 9. The molecule has 0 amide bonds. The topological polar surface area (TPSA) is 133 Å². The van der Waals surface area contributed by atoms with Crippen LogP contribution in [0, 0.1) is 0 Å². The maximum atomic E-state index is 6.15. The molecule has 6 aromatic heterocycles. The van der Waals surface area contributed by atoms with E-state index in [-0.39, 0.29) is 22.7 Å². The Bertz CT molecular complexity index is 3320. The summed E-state index contributed by atoms with van der Waals surface area (Å²) < 4.78 is 8.80. The molecule has 1 N–H and O–H groups in total. The van der Waals surface area contributed by atoms with Crippen molar-refractivity contribution in [3.63, 3.8) is 0 Å². The minimum Gasteiger partial charge on any atom is -0.495 e. The van der Waals surface area contributed by atoms with Gasteiger partial charge in [-0.05, 0) is 101 Å². The van der Waals surface area contributed by atoms with E-state index in [9.17, 15) is 0 Å². The molecule has 4 fully saturated rings. The van der Waals surface area contributed by atoms with E-state index in [1.807, 2.05) is 63.4 Å². The van der Waals surface area contributed by atoms with Gasteiger partial charge in [0, 0.05) is 69.9 Å². The van der Waals surface area contributed by atoms with Crippen molar-refractivity contribution < 1.29 is 14.4 Å². The first kappa shape index (κ1) is 50.6. The second kappa shape index (κ2) is 23.2. The number of fused-ring (bicyclic) bond motifs is 3. The summed E-state index contributed by atoms with van der Waals surface area (Å²) in [5.74, 6) is 2.96. The van der Waals surface area contributed by atoms with Crippen LogP contribution in [0.25, 0.3) is 30.6 Å². The van der Waals surface area contributed by atoms with Gasteiger partial charge in [-0.15, -0.1) is 34.0 Å². The van der Waals surface area contributed by atoms with E-state index in [1.54, 1.807) is 29.8 Å². The molecule has 0 unspecified atom stereocenters. The van der Waals surface area contributed by atoms with Crippen molar-refractivity contribution in [2.75, 3.05) is 87.0 Å². The number of hydrogen-bond donors (Lipinski definition) is 1. The number of hydrogen-bond acceptors (Lipinski definition) is 18. The molecule has 15 nitrogen and oxygen atoms in total. The highest BCUT2D eigenvalue weighted by Crippen LogP contribution is 2.42. The standard InChI is InChI=1S/C32H39N7O2S.C15H12ClN3OS.C6H2Cl2N2S/c1-36-16-18-37(19-17-36)25-10-14-38(15-11-25)28-9-8-24(22-29(28)40-2)33-32-34-26-13-21-42-30(26)31(35-32)39-27(12-20-41-39)23-6-4-3-5-7-23;16-15-17-11-7-9-21-13(11)14(18-15)19-12(6-8-20-19)10-4-2-1-3-5-10;7-5-4-3(1-2-11-4)9-6(8)10-5/h3-9,13,21-22,25,27H,10-12,14-20H2,1-2H3,(H,33,34,35);1-5,7,9,12H,6,8H2;1-2H/t27-;12-;/m00./s1. The molecule has 13 rings (SSSR count). The highest BCUT2D eigenvalue weighted by atomic mass is 35.5. The lowest BCUT2D eigenvalue weighted by Crippen LogP contribution is -2.52. The molecular formula is C53H53Cl3N12O3S3. The average Bonchev–Trinajstić information content (AvgIpc) is 4.31. The molecule has 10 heterocycles. The van der Waals surface area contributed by atoms with Crippen LogP contribution in [-0.4, -0.2) is 112 Å². The normalized spacial score (nSPS) is 18.7. The van der Waals surface area contributed by atoms with Crippen LogP contribution < -0.4 is 25.1 Å². The lowest BCUT2D eigenvalue weighted by Gasteiger charge is -2.42. The summed E-state index contributed by atoms with van der Waals surface area (Å²) in [4.78, 5) is 45.8. The van der Waals surface area contributed by atoms with Crippen molar-refractivity contribution in [3.8, 4) is 5.75 Å². The van der Waals surface area contributed by atoms with Gasteiger partial charge in [0.05, 0.1) is 68.7 Å². The predicted octanol–water partition coefficient (Wildman–Crippen LogP) is 12.8. The number of likely N-dealkylation sites (N-methyl/N-ethyl adjacent to an activating group) is 1. The molecule has 74 heavy (non-hydrogen) atoms. The fourth-order valence-electron chi connectivity index (χ4n) is 9.94. The van der Waals surface area contributed by atoms with E-state index in [2.05, 4.69) is 107 Å². The number of anilines is 5. The number of aromatic nitrogens is 6. The summed E-state index contributed by atoms with van der Waals surface area (Å²) in [6.07, 6.45) is 4.22. The highest BCUT2D eigenvalue weighted by Gasteiger charge is 2.33. The summed E-state index contributed by atoms with van der Waals surface area (Å²) in [6.45, 7) is 8.13. The van der Waals surface area contributed by atoms with Crippen LogP contribution in [0.1, 0.15) is 48.9 Å². The van der Waals surface area contributed by atoms with Crippen molar-refractivity contribution in [3.05, 3.63) is 140 Å². The third kappa shape index (κ3) is 11.2. The number of nitrogens with one attached hydrogen (secondary N) is 1. The van der Waals surface area contributed by atoms with Crippen molar-refractivity contribution in [2.24, 2.45) is 0 Å². The first-order valence-electron chi connectivity index (χ1n) is 24.6. The second-order valence-corrected chi connectivity index (χ2v) is 22.0. The van der Waals surface area contributed by atoms with Gasteiger partial charge in [0.1, 0.15) is 5.75 Å². The quantitative estimate of drug-likeness (QED) is 0.108. The molecule has 0 radical (unpaired) electrons. The molecule has 3 aromatic carbocycles. The predicted molar refractivity (Wildman–Crippen MR) is 302 cm³/mol. The number of halogens is 3.